The fraction of sp³-hybridized carbons (Fsp3) is 0.312. The second kappa shape index (κ2) is 8.22. The first-order chi connectivity index (χ1) is 12.3. The molecule has 0 bridgehead atoms. The fourth-order valence-electron chi connectivity index (χ4n) is 2.86. The molecule has 1 amide bonds. The summed E-state index contributed by atoms with van der Waals surface area (Å²) < 4.78 is 0.576. The largest absolute Gasteiger partial charge is 0.477 e. The minimum Gasteiger partial charge on any atom is -0.477 e. The summed E-state index contributed by atoms with van der Waals surface area (Å²) in [6.45, 7) is 0. The van der Waals surface area contributed by atoms with Crippen LogP contribution < -0.4 is 5.32 Å². The fourth-order valence-corrected chi connectivity index (χ4v) is 5.87. The van der Waals surface area contributed by atoms with Gasteiger partial charge >= 0.3 is 5.97 Å². The van der Waals surface area contributed by atoms with Gasteiger partial charge in [-0.3, -0.25) is 9.69 Å². The standard InChI is InChI=1S/C16H13Cl2IN2O3S2/c17-9-1-2-10(18)7(3-9)4-11(25)20-12-14(22)21-13(16(23)24)8(5-19)6-26-15(12)21/h1-3,12,15H,4-6H2,(H,20,25)(H,23,24)/t12?,15-/m1/s1. The molecule has 0 spiro atoms. The van der Waals surface area contributed by atoms with E-state index in [1.165, 1.54) is 4.90 Å². The van der Waals surface area contributed by atoms with Crippen LogP contribution in [0.4, 0.5) is 0 Å². The van der Waals surface area contributed by atoms with Crippen LogP contribution in [0.15, 0.2) is 29.5 Å². The molecule has 2 N–H and O–H groups in total. The van der Waals surface area contributed by atoms with Gasteiger partial charge in [0.05, 0.1) is 4.99 Å². The van der Waals surface area contributed by atoms with Gasteiger partial charge in [-0.15, -0.1) is 11.8 Å². The van der Waals surface area contributed by atoms with Crippen LogP contribution in [0.5, 0.6) is 0 Å². The molecule has 2 aliphatic rings. The summed E-state index contributed by atoms with van der Waals surface area (Å²) in [5.74, 6) is -0.757. The van der Waals surface area contributed by atoms with Crippen LogP contribution in [-0.4, -0.2) is 48.5 Å². The number of nitrogens with one attached hydrogen (secondary N) is 1. The summed E-state index contributed by atoms with van der Waals surface area (Å²) in [4.78, 5) is 25.9. The lowest BCUT2D eigenvalue weighted by Gasteiger charge is -2.49. The van der Waals surface area contributed by atoms with Crippen molar-refractivity contribution in [2.45, 2.75) is 17.8 Å². The van der Waals surface area contributed by atoms with E-state index in [1.54, 1.807) is 30.0 Å². The number of thiocarbonyl (C=S) groups is 1. The van der Waals surface area contributed by atoms with Gasteiger partial charge < -0.3 is 10.4 Å². The summed E-state index contributed by atoms with van der Waals surface area (Å²) >= 11 is 21.2. The van der Waals surface area contributed by atoms with Gasteiger partial charge in [-0.05, 0) is 29.3 Å². The molecule has 0 radical (unpaired) electrons. The lowest BCUT2D eigenvalue weighted by molar-refractivity contribution is -0.148. The molecular weight excluding hydrogens is 530 g/mol. The molecule has 3 rings (SSSR count). The van der Waals surface area contributed by atoms with E-state index in [2.05, 4.69) is 27.9 Å². The summed E-state index contributed by atoms with van der Waals surface area (Å²) in [5, 5.41) is 13.4. The van der Waals surface area contributed by atoms with Crippen LogP contribution >= 0.6 is 69.8 Å². The van der Waals surface area contributed by atoms with Crippen LogP contribution in [0.25, 0.3) is 0 Å². The number of amides is 1. The number of fused-ring (bicyclic) bond motifs is 1. The first-order valence-corrected chi connectivity index (χ1v) is 11.3. The number of alkyl halides is 1. The summed E-state index contributed by atoms with van der Waals surface area (Å²) in [7, 11) is 0. The Labute approximate surface area is 183 Å². The monoisotopic (exact) mass is 542 g/mol. The zero-order chi connectivity index (χ0) is 19.0. The van der Waals surface area contributed by atoms with Gasteiger partial charge in [0, 0.05) is 26.6 Å². The van der Waals surface area contributed by atoms with Crippen molar-refractivity contribution in [1.82, 2.24) is 10.2 Å². The number of benzene rings is 1. The molecule has 2 aliphatic heterocycles. The number of β-lactam (4-membered cyclic amide) rings is 1. The van der Waals surface area contributed by atoms with Crippen molar-refractivity contribution in [3.8, 4) is 0 Å². The maximum Gasteiger partial charge on any atom is 0.352 e. The number of carbonyl (C=O) groups is 2. The maximum absolute atomic E-state index is 12.5. The van der Waals surface area contributed by atoms with Crippen LogP contribution in [0.1, 0.15) is 5.56 Å². The van der Waals surface area contributed by atoms with Crippen LogP contribution in [0.3, 0.4) is 0 Å². The number of carboxylic acids is 1. The number of thioether (sulfide) groups is 1. The van der Waals surface area contributed by atoms with Crippen molar-refractivity contribution in [1.29, 1.82) is 0 Å². The van der Waals surface area contributed by atoms with Crippen molar-refractivity contribution < 1.29 is 14.7 Å². The van der Waals surface area contributed by atoms with Gasteiger partial charge in [0.1, 0.15) is 17.1 Å². The molecule has 1 aromatic rings. The van der Waals surface area contributed by atoms with Crippen molar-refractivity contribution >= 4 is 86.6 Å². The molecule has 0 aromatic heterocycles. The lowest BCUT2D eigenvalue weighted by atomic mass is 10.0. The van der Waals surface area contributed by atoms with Crippen molar-refractivity contribution in [2.24, 2.45) is 0 Å². The number of carboxylic acid groups (broad SMARTS) is 1. The third kappa shape index (κ3) is 3.84. The highest BCUT2D eigenvalue weighted by Crippen LogP contribution is 2.40. The molecule has 1 aromatic carbocycles. The molecule has 1 fully saturated rings. The van der Waals surface area contributed by atoms with Crippen LogP contribution in [-0.2, 0) is 16.0 Å². The molecule has 10 heteroatoms. The third-order valence-corrected chi connectivity index (χ3v) is 7.21. The van der Waals surface area contributed by atoms with Crippen molar-refractivity contribution in [3.63, 3.8) is 0 Å². The highest BCUT2D eigenvalue weighted by Gasteiger charge is 2.53. The average molecular weight is 543 g/mol. The van der Waals surface area contributed by atoms with Gasteiger partial charge in [-0.2, -0.15) is 0 Å². The van der Waals surface area contributed by atoms with E-state index < -0.39 is 12.0 Å². The minimum absolute atomic E-state index is 0.106. The smallest absolute Gasteiger partial charge is 0.352 e. The predicted molar refractivity (Wildman–Crippen MR) is 116 cm³/mol. The summed E-state index contributed by atoms with van der Waals surface area (Å²) in [5.41, 5.74) is 1.64. The molecule has 2 atom stereocenters. The van der Waals surface area contributed by atoms with Gasteiger partial charge in [-0.25, -0.2) is 4.79 Å². The minimum atomic E-state index is -1.07. The topological polar surface area (TPSA) is 69.6 Å². The Morgan fingerprint density at radius 3 is 2.85 bits per heavy atom. The van der Waals surface area contributed by atoms with Crippen molar-refractivity contribution in [2.75, 3.05) is 10.2 Å². The van der Waals surface area contributed by atoms with Crippen molar-refractivity contribution in [3.05, 3.63) is 45.1 Å². The number of carbonyl (C=O) groups excluding carboxylic acids is 1. The summed E-state index contributed by atoms with van der Waals surface area (Å²) in [6, 6.07) is 4.60. The van der Waals surface area contributed by atoms with Gasteiger partial charge in [-0.1, -0.05) is 58.0 Å². The Kier molecular flexibility index (Phi) is 6.38. The first kappa shape index (κ1) is 20.2. The quantitative estimate of drug-likeness (QED) is 0.257. The molecule has 1 saturated heterocycles. The van der Waals surface area contributed by atoms with Gasteiger partial charge in [0.2, 0.25) is 0 Å². The molecule has 5 nitrogen and oxygen atoms in total. The number of halogens is 3. The molecule has 2 heterocycles. The van der Waals surface area contributed by atoms with E-state index in [1.807, 2.05) is 0 Å². The molecule has 1 unspecified atom stereocenters. The number of hydrogen-bond acceptors (Lipinski definition) is 4. The lowest BCUT2D eigenvalue weighted by Crippen LogP contribution is -2.70. The van der Waals surface area contributed by atoms with E-state index in [0.29, 0.717) is 31.6 Å². The Bertz CT molecular complexity index is 834. The second-order valence-corrected chi connectivity index (χ2v) is 8.96. The Balaban J connectivity index is 1.70. The zero-order valence-electron chi connectivity index (χ0n) is 13.2. The van der Waals surface area contributed by atoms with Gasteiger partial charge in [0.15, 0.2) is 0 Å². The molecule has 0 aliphatic carbocycles. The van der Waals surface area contributed by atoms with E-state index in [0.717, 1.165) is 11.1 Å². The predicted octanol–water partition coefficient (Wildman–Crippen LogP) is 3.51. The molecule has 138 valence electrons. The van der Waals surface area contributed by atoms with Gasteiger partial charge in [0.25, 0.3) is 5.91 Å². The van der Waals surface area contributed by atoms with E-state index >= 15 is 0 Å². The number of aliphatic carboxylic acids is 1. The Morgan fingerprint density at radius 2 is 2.19 bits per heavy atom. The highest BCUT2D eigenvalue weighted by molar-refractivity contribution is 14.1. The highest BCUT2D eigenvalue weighted by atomic mass is 127. The number of rotatable bonds is 5. The maximum atomic E-state index is 12.5. The SMILES string of the molecule is O=C(O)C1=C(CI)CS[C@@H]2C(NC(=S)Cc3cc(Cl)ccc3Cl)C(=O)N12. The van der Waals surface area contributed by atoms with E-state index in [-0.39, 0.29) is 17.0 Å². The first-order valence-electron chi connectivity index (χ1n) is 7.52. The molecule has 0 saturated carbocycles. The van der Waals surface area contributed by atoms with E-state index in [4.69, 9.17) is 35.4 Å². The summed E-state index contributed by atoms with van der Waals surface area (Å²) in [6.07, 6.45) is 0.358. The van der Waals surface area contributed by atoms with E-state index in [9.17, 15) is 14.7 Å². The van der Waals surface area contributed by atoms with Crippen LogP contribution in [0, 0.1) is 0 Å². The molecule has 26 heavy (non-hydrogen) atoms. The second-order valence-electron chi connectivity index (χ2n) is 5.76. The Hall–Kier alpha value is -0.550. The zero-order valence-corrected chi connectivity index (χ0v) is 18.5. The Morgan fingerprint density at radius 1 is 1.46 bits per heavy atom. The number of hydrogen-bond donors (Lipinski definition) is 2. The number of nitrogens with zero attached hydrogens (tertiary/aromatic N) is 1. The average Bonchev–Trinajstić information content (AvgIpc) is 2.61. The molecular formula is C16H13Cl2IN2O3S2. The normalized spacial score (nSPS) is 22.0. The third-order valence-electron chi connectivity index (χ3n) is 4.09. The van der Waals surface area contributed by atoms with Crippen LogP contribution in [0.2, 0.25) is 10.0 Å².